The fourth-order valence-corrected chi connectivity index (χ4v) is 1.99. The molecule has 0 aromatic heterocycles. The molecule has 1 aliphatic rings. The van der Waals surface area contributed by atoms with Crippen LogP contribution in [0.25, 0.3) is 0 Å². The van der Waals surface area contributed by atoms with Gasteiger partial charge in [0, 0.05) is 6.54 Å². The topological polar surface area (TPSA) is 21.3 Å². The Hall–Kier alpha value is -0.930. The van der Waals surface area contributed by atoms with Crippen LogP contribution in [-0.4, -0.2) is 19.7 Å². The monoisotopic (exact) mass is 223 g/mol. The third-order valence-corrected chi connectivity index (χ3v) is 2.93. The Bertz CT molecular complexity index is 306. The van der Waals surface area contributed by atoms with Gasteiger partial charge in [-0.3, -0.25) is 0 Å². The maximum Gasteiger partial charge on any atom is 0.123 e. The molecule has 0 bridgehead atoms. The van der Waals surface area contributed by atoms with Crippen LogP contribution in [0.1, 0.15) is 18.4 Å². The summed E-state index contributed by atoms with van der Waals surface area (Å²) in [7, 11) is 0. The van der Waals surface area contributed by atoms with Gasteiger partial charge in [0.2, 0.25) is 0 Å². The summed E-state index contributed by atoms with van der Waals surface area (Å²) in [6.07, 6.45) is 2.49. The minimum absolute atomic E-state index is 0.194. The molecule has 0 radical (unpaired) electrons. The molecule has 1 heterocycles. The minimum atomic E-state index is -0.194. The molecule has 1 saturated heterocycles. The highest BCUT2D eigenvalue weighted by molar-refractivity contribution is 5.14. The summed E-state index contributed by atoms with van der Waals surface area (Å²) in [4.78, 5) is 0. The standard InChI is InChI=1S/C13H18FNO/c14-13-5-3-11(4-6-13)9-16-10-12-2-1-7-15-8-12/h3-6,12,15H,1-2,7-10H2. The average Bonchev–Trinajstić information content (AvgIpc) is 2.33. The van der Waals surface area contributed by atoms with E-state index in [1.165, 1.54) is 25.0 Å². The van der Waals surface area contributed by atoms with Gasteiger partial charge in [0.1, 0.15) is 5.82 Å². The fourth-order valence-electron chi connectivity index (χ4n) is 1.99. The number of ether oxygens (including phenoxy) is 1. The van der Waals surface area contributed by atoms with E-state index in [2.05, 4.69) is 5.32 Å². The van der Waals surface area contributed by atoms with Gasteiger partial charge in [0.15, 0.2) is 0 Å². The third-order valence-electron chi connectivity index (χ3n) is 2.93. The smallest absolute Gasteiger partial charge is 0.123 e. The van der Waals surface area contributed by atoms with Crippen LogP contribution >= 0.6 is 0 Å². The second-order valence-corrected chi connectivity index (χ2v) is 4.35. The van der Waals surface area contributed by atoms with Crippen LogP contribution < -0.4 is 5.32 Å². The summed E-state index contributed by atoms with van der Waals surface area (Å²) < 4.78 is 18.3. The van der Waals surface area contributed by atoms with E-state index < -0.39 is 0 Å². The Morgan fingerprint density at radius 1 is 1.31 bits per heavy atom. The molecule has 1 aromatic rings. The molecule has 0 saturated carbocycles. The summed E-state index contributed by atoms with van der Waals surface area (Å²) in [6, 6.07) is 6.49. The molecule has 1 atom stereocenters. The third kappa shape index (κ3) is 3.58. The van der Waals surface area contributed by atoms with Gasteiger partial charge in [-0.05, 0) is 43.0 Å². The van der Waals surface area contributed by atoms with Gasteiger partial charge >= 0.3 is 0 Å². The molecule has 2 nitrogen and oxygen atoms in total. The maximum atomic E-state index is 12.7. The number of rotatable bonds is 4. The molecule has 0 spiro atoms. The van der Waals surface area contributed by atoms with Crippen molar-refractivity contribution in [1.82, 2.24) is 5.32 Å². The summed E-state index contributed by atoms with van der Waals surface area (Å²) >= 11 is 0. The molecule has 1 aromatic carbocycles. The molecule has 1 N–H and O–H groups in total. The van der Waals surface area contributed by atoms with Crippen molar-refractivity contribution in [2.45, 2.75) is 19.4 Å². The Morgan fingerprint density at radius 2 is 2.12 bits per heavy atom. The zero-order chi connectivity index (χ0) is 11.2. The second kappa shape index (κ2) is 5.97. The van der Waals surface area contributed by atoms with E-state index in [-0.39, 0.29) is 5.82 Å². The van der Waals surface area contributed by atoms with Gasteiger partial charge in [-0.15, -0.1) is 0 Å². The van der Waals surface area contributed by atoms with Gasteiger partial charge in [-0.25, -0.2) is 4.39 Å². The van der Waals surface area contributed by atoms with Crippen LogP contribution in [0.3, 0.4) is 0 Å². The summed E-state index contributed by atoms with van der Waals surface area (Å²) in [6.45, 7) is 3.57. The highest BCUT2D eigenvalue weighted by atomic mass is 19.1. The van der Waals surface area contributed by atoms with Crippen molar-refractivity contribution < 1.29 is 9.13 Å². The first-order valence-corrected chi connectivity index (χ1v) is 5.87. The van der Waals surface area contributed by atoms with Crippen molar-refractivity contribution in [3.8, 4) is 0 Å². The summed E-state index contributed by atoms with van der Waals surface area (Å²) in [5, 5.41) is 3.36. The molecule has 0 amide bonds. The Labute approximate surface area is 95.8 Å². The second-order valence-electron chi connectivity index (χ2n) is 4.35. The van der Waals surface area contributed by atoms with Crippen molar-refractivity contribution in [1.29, 1.82) is 0 Å². The molecule has 2 rings (SSSR count). The predicted octanol–water partition coefficient (Wildman–Crippen LogP) is 2.34. The Kier molecular flexibility index (Phi) is 4.31. The molecule has 3 heteroatoms. The Balaban J connectivity index is 1.69. The van der Waals surface area contributed by atoms with Gasteiger partial charge in [-0.1, -0.05) is 12.1 Å². The van der Waals surface area contributed by atoms with Crippen LogP contribution in [0.4, 0.5) is 4.39 Å². The van der Waals surface area contributed by atoms with Gasteiger partial charge in [0.05, 0.1) is 13.2 Å². The zero-order valence-electron chi connectivity index (χ0n) is 9.42. The van der Waals surface area contributed by atoms with Crippen LogP contribution in [0.2, 0.25) is 0 Å². The van der Waals surface area contributed by atoms with Gasteiger partial charge in [-0.2, -0.15) is 0 Å². The SMILES string of the molecule is Fc1ccc(COCC2CCCNC2)cc1. The molecule has 1 unspecified atom stereocenters. The molecular formula is C13H18FNO. The number of benzene rings is 1. The van der Waals surface area contributed by atoms with E-state index in [0.29, 0.717) is 12.5 Å². The number of hydrogen-bond acceptors (Lipinski definition) is 2. The first kappa shape index (κ1) is 11.6. The van der Waals surface area contributed by atoms with Crippen LogP contribution in [0.15, 0.2) is 24.3 Å². The normalized spacial score (nSPS) is 20.9. The van der Waals surface area contributed by atoms with E-state index in [1.54, 1.807) is 12.1 Å². The lowest BCUT2D eigenvalue weighted by molar-refractivity contribution is 0.0782. The predicted molar refractivity (Wildman–Crippen MR) is 61.6 cm³/mol. The zero-order valence-corrected chi connectivity index (χ0v) is 9.42. The highest BCUT2D eigenvalue weighted by Gasteiger charge is 2.12. The number of hydrogen-bond donors (Lipinski definition) is 1. The molecule has 16 heavy (non-hydrogen) atoms. The Morgan fingerprint density at radius 3 is 2.81 bits per heavy atom. The van der Waals surface area contributed by atoms with Crippen molar-refractivity contribution in [3.05, 3.63) is 35.6 Å². The maximum absolute atomic E-state index is 12.7. The number of nitrogens with one attached hydrogen (secondary N) is 1. The van der Waals surface area contributed by atoms with Crippen molar-refractivity contribution >= 4 is 0 Å². The molecule has 88 valence electrons. The van der Waals surface area contributed by atoms with Crippen LogP contribution in [0, 0.1) is 11.7 Å². The van der Waals surface area contributed by atoms with Gasteiger partial charge in [0.25, 0.3) is 0 Å². The fraction of sp³-hybridized carbons (Fsp3) is 0.538. The van der Waals surface area contributed by atoms with Crippen LogP contribution in [-0.2, 0) is 11.3 Å². The molecule has 1 fully saturated rings. The minimum Gasteiger partial charge on any atom is -0.376 e. The highest BCUT2D eigenvalue weighted by Crippen LogP contribution is 2.11. The average molecular weight is 223 g/mol. The quantitative estimate of drug-likeness (QED) is 0.846. The van der Waals surface area contributed by atoms with E-state index in [1.807, 2.05) is 0 Å². The lowest BCUT2D eigenvalue weighted by Gasteiger charge is -2.22. The van der Waals surface area contributed by atoms with E-state index in [9.17, 15) is 4.39 Å². The summed E-state index contributed by atoms with van der Waals surface area (Å²) in [5.41, 5.74) is 1.03. The summed E-state index contributed by atoms with van der Waals surface area (Å²) in [5.74, 6) is 0.439. The molecule has 1 aliphatic heterocycles. The lowest BCUT2D eigenvalue weighted by Crippen LogP contribution is -2.32. The number of halogens is 1. The lowest BCUT2D eigenvalue weighted by atomic mass is 10.0. The molecular weight excluding hydrogens is 205 g/mol. The van der Waals surface area contributed by atoms with Crippen molar-refractivity contribution in [3.63, 3.8) is 0 Å². The van der Waals surface area contributed by atoms with Gasteiger partial charge < -0.3 is 10.1 Å². The van der Waals surface area contributed by atoms with E-state index in [4.69, 9.17) is 4.74 Å². The van der Waals surface area contributed by atoms with E-state index in [0.717, 1.165) is 25.3 Å². The van der Waals surface area contributed by atoms with E-state index >= 15 is 0 Å². The van der Waals surface area contributed by atoms with Crippen molar-refractivity contribution in [2.24, 2.45) is 5.92 Å². The number of piperidine rings is 1. The molecule has 0 aliphatic carbocycles. The van der Waals surface area contributed by atoms with Crippen molar-refractivity contribution in [2.75, 3.05) is 19.7 Å². The van der Waals surface area contributed by atoms with Crippen LogP contribution in [0.5, 0.6) is 0 Å². The first-order chi connectivity index (χ1) is 7.84. The first-order valence-electron chi connectivity index (χ1n) is 5.87. The largest absolute Gasteiger partial charge is 0.376 e.